The first kappa shape index (κ1) is 12.4. The average molecular weight is 262 g/mol. The Morgan fingerprint density at radius 1 is 1.06 bits per heavy atom. The Morgan fingerprint density at radius 2 is 1.67 bits per heavy atom. The van der Waals surface area contributed by atoms with Crippen molar-refractivity contribution in [2.75, 3.05) is 6.26 Å². The summed E-state index contributed by atoms with van der Waals surface area (Å²) in [5, 5.41) is 8.71. The number of hydrogen-bond acceptors (Lipinski definition) is 4. The largest absolute Gasteiger partial charge is 0.475 e. The number of hydrogen-bond donors (Lipinski definition) is 1. The normalized spacial score (nSPS) is 10.3. The van der Waals surface area contributed by atoms with Crippen LogP contribution in [0.15, 0.2) is 45.7 Å². The molecule has 92 valence electrons. The first-order valence-corrected chi connectivity index (χ1v) is 6.36. The number of furan rings is 1. The minimum absolute atomic E-state index is 0.0318. The van der Waals surface area contributed by atoms with E-state index in [1.165, 1.54) is 12.1 Å². The standard InChI is InChI=1S/C13H10O4S/c1-18-9-4-2-8(3-5-9)12(14)10-6-7-11(17-10)13(15)16/h2-7H,1H3,(H,15,16). The maximum absolute atomic E-state index is 12.0. The molecular formula is C13H10O4S. The van der Waals surface area contributed by atoms with E-state index >= 15 is 0 Å². The second kappa shape index (κ2) is 5.10. The van der Waals surface area contributed by atoms with E-state index < -0.39 is 5.97 Å². The summed E-state index contributed by atoms with van der Waals surface area (Å²) in [5.41, 5.74) is 0.471. The van der Waals surface area contributed by atoms with E-state index in [2.05, 4.69) is 0 Å². The van der Waals surface area contributed by atoms with E-state index in [9.17, 15) is 9.59 Å². The first-order valence-electron chi connectivity index (χ1n) is 5.13. The van der Waals surface area contributed by atoms with E-state index in [4.69, 9.17) is 9.52 Å². The lowest BCUT2D eigenvalue weighted by molar-refractivity contribution is 0.0660. The van der Waals surface area contributed by atoms with E-state index in [0.29, 0.717) is 5.56 Å². The molecule has 2 aromatic rings. The highest BCUT2D eigenvalue weighted by atomic mass is 32.2. The van der Waals surface area contributed by atoms with Crippen LogP contribution in [0, 0.1) is 0 Å². The van der Waals surface area contributed by atoms with Crippen LogP contribution in [-0.4, -0.2) is 23.1 Å². The SMILES string of the molecule is CSc1ccc(C(=O)c2ccc(C(=O)O)o2)cc1. The van der Waals surface area contributed by atoms with Gasteiger partial charge in [-0.1, -0.05) is 0 Å². The number of carbonyl (C=O) groups excluding carboxylic acids is 1. The van der Waals surface area contributed by atoms with Crippen molar-refractivity contribution in [2.24, 2.45) is 0 Å². The smallest absolute Gasteiger partial charge is 0.371 e. The number of carboxylic acid groups (broad SMARTS) is 1. The Morgan fingerprint density at radius 3 is 2.17 bits per heavy atom. The van der Waals surface area contributed by atoms with Crippen LogP contribution < -0.4 is 0 Å². The molecule has 0 bridgehead atoms. The summed E-state index contributed by atoms with van der Waals surface area (Å²) in [6, 6.07) is 9.69. The van der Waals surface area contributed by atoms with Crippen LogP contribution in [0.1, 0.15) is 26.7 Å². The lowest BCUT2D eigenvalue weighted by atomic mass is 10.1. The van der Waals surface area contributed by atoms with Crippen molar-refractivity contribution < 1.29 is 19.1 Å². The van der Waals surface area contributed by atoms with Gasteiger partial charge in [-0.15, -0.1) is 11.8 Å². The molecule has 4 nitrogen and oxygen atoms in total. The predicted molar refractivity (Wildman–Crippen MR) is 67.3 cm³/mol. The molecule has 2 rings (SSSR count). The number of aromatic carboxylic acids is 1. The van der Waals surface area contributed by atoms with Crippen LogP contribution >= 0.6 is 11.8 Å². The number of ketones is 1. The van der Waals surface area contributed by atoms with Crippen molar-refractivity contribution in [3.05, 3.63) is 53.5 Å². The van der Waals surface area contributed by atoms with Gasteiger partial charge in [-0.2, -0.15) is 0 Å². The van der Waals surface area contributed by atoms with Gasteiger partial charge in [-0.3, -0.25) is 4.79 Å². The van der Waals surface area contributed by atoms with Gasteiger partial charge in [-0.05, 0) is 42.7 Å². The topological polar surface area (TPSA) is 67.5 Å². The van der Waals surface area contributed by atoms with Gasteiger partial charge in [0.2, 0.25) is 11.5 Å². The highest BCUT2D eigenvalue weighted by Gasteiger charge is 2.16. The number of thioether (sulfide) groups is 1. The van der Waals surface area contributed by atoms with Gasteiger partial charge in [0.15, 0.2) is 5.76 Å². The third-order valence-electron chi connectivity index (χ3n) is 2.39. The molecule has 0 radical (unpaired) electrons. The van der Waals surface area contributed by atoms with Gasteiger partial charge in [0.25, 0.3) is 0 Å². The Labute approximate surface area is 108 Å². The molecule has 18 heavy (non-hydrogen) atoms. The number of carbonyl (C=O) groups is 2. The van der Waals surface area contributed by atoms with Gasteiger partial charge >= 0.3 is 5.97 Å². The van der Waals surface area contributed by atoms with Crippen LogP contribution in [0.5, 0.6) is 0 Å². The average Bonchev–Trinajstić information content (AvgIpc) is 2.88. The van der Waals surface area contributed by atoms with Crippen LogP contribution in [0.2, 0.25) is 0 Å². The summed E-state index contributed by atoms with van der Waals surface area (Å²) in [7, 11) is 0. The highest BCUT2D eigenvalue weighted by molar-refractivity contribution is 7.98. The third kappa shape index (κ3) is 2.46. The summed E-state index contributed by atoms with van der Waals surface area (Å²) >= 11 is 1.58. The van der Waals surface area contributed by atoms with Crippen molar-refractivity contribution in [1.82, 2.24) is 0 Å². The molecule has 1 aromatic carbocycles. The van der Waals surface area contributed by atoms with Crippen LogP contribution in [-0.2, 0) is 0 Å². The molecule has 0 atom stereocenters. The summed E-state index contributed by atoms with van der Waals surface area (Å²) < 4.78 is 4.96. The molecule has 0 aliphatic heterocycles. The Balaban J connectivity index is 2.26. The van der Waals surface area contributed by atoms with Crippen molar-refractivity contribution in [1.29, 1.82) is 0 Å². The van der Waals surface area contributed by atoms with Crippen molar-refractivity contribution in [3.8, 4) is 0 Å². The fourth-order valence-corrected chi connectivity index (χ4v) is 1.87. The molecule has 0 amide bonds. The maximum atomic E-state index is 12.0. The fraction of sp³-hybridized carbons (Fsp3) is 0.0769. The molecule has 1 aromatic heterocycles. The van der Waals surface area contributed by atoms with Gasteiger partial charge < -0.3 is 9.52 Å². The molecule has 0 saturated carbocycles. The molecule has 0 spiro atoms. The molecule has 1 N–H and O–H groups in total. The Bertz CT molecular complexity index is 583. The van der Waals surface area contributed by atoms with Gasteiger partial charge in [0, 0.05) is 10.5 Å². The van der Waals surface area contributed by atoms with Crippen LogP contribution in [0.4, 0.5) is 0 Å². The van der Waals surface area contributed by atoms with Gasteiger partial charge in [-0.25, -0.2) is 4.79 Å². The van der Waals surface area contributed by atoms with Gasteiger partial charge in [0.1, 0.15) is 0 Å². The molecule has 0 unspecified atom stereocenters. The zero-order valence-corrected chi connectivity index (χ0v) is 10.4. The van der Waals surface area contributed by atoms with E-state index in [-0.39, 0.29) is 17.3 Å². The zero-order chi connectivity index (χ0) is 13.1. The second-order valence-corrected chi connectivity index (χ2v) is 4.41. The Kier molecular flexibility index (Phi) is 3.53. The molecule has 5 heteroatoms. The lowest BCUT2D eigenvalue weighted by Crippen LogP contribution is -1.99. The van der Waals surface area contributed by atoms with E-state index in [1.54, 1.807) is 23.9 Å². The van der Waals surface area contributed by atoms with Crippen LogP contribution in [0.3, 0.4) is 0 Å². The first-order chi connectivity index (χ1) is 8.61. The third-order valence-corrected chi connectivity index (χ3v) is 3.14. The predicted octanol–water partition coefficient (Wildman–Crippen LogP) is 2.93. The minimum atomic E-state index is -1.19. The minimum Gasteiger partial charge on any atom is -0.475 e. The van der Waals surface area contributed by atoms with Crippen LogP contribution in [0.25, 0.3) is 0 Å². The van der Waals surface area contributed by atoms with Crippen molar-refractivity contribution in [2.45, 2.75) is 4.90 Å². The molecule has 0 fully saturated rings. The monoisotopic (exact) mass is 262 g/mol. The fourth-order valence-electron chi connectivity index (χ4n) is 1.46. The zero-order valence-electron chi connectivity index (χ0n) is 9.54. The lowest BCUT2D eigenvalue weighted by Gasteiger charge is -1.99. The van der Waals surface area contributed by atoms with Crippen molar-refractivity contribution in [3.63, 3.8) is 0 Å². The van der Waals surface area contributed by atoms with E-state index in [0.717, 1.165) is 4.90 Å². The Hall–Kier alpha value is -2.01. The molecule has 0 aliphatic carbocycles. The quantitative estimate of drug-likeness (QED) is 0.677. The number of carboxylic acids is 1. The maximum Gasteiger partial charge on any atom is 0.371 e. The second-order valence-electron chi connectivity index (χ2n) is 3.53. The van der Waals surface area contributed by atoms with Crippen molar-refractivity contribution >= 4 is 23.5 Å². The number of rotatable bonds is 4. The molecule has 0 saturated heterocycles. The molecule has 1 heterocycles. The summed E-state index contributed by atoms with van der Waals surface area (Å²) in [6.07, 6.45) is 1.95. The highest BCUT2D eigenvalue weighted by Crippen LogP contribution is 2.18. The summed E-state index contributed by atoms with van der Waals surface area (Å²) in [4.78, 5) is 23.7. The molecular weight excluding hydrogens is 252 g/mol. The summed E-state index contributed by atoms with van der Waals surface area (Å²) in [6.45, 7) is 0. The van der Waals surface area contributed by atoms with Gasteiger partial charge in [0.05, 0.1) is 0 Å². The molecule has 0 aliphatic rings. The van der Waals surface area contributed by atoms with E-state index in [1.807, 2.05) is 18.4 Å². The summed E-state index contributed by atoms with van der Waals surface area (Å²) in [5.74, 6) is -1.72. The number of benzene rings is 1.